The van der Waals surface area contributed by atoms with Crippen molar-refractivity contribution in [2.24, 2.45) is 17.8 Å². The van der Waals surface area contributed by atoms with Crippen molar-refractivity contribution >= 4 is 33.2 Å². The first-order valence-corrected chi connectivity index (χ1v) is 19.4. The van der Waals surface area contributed by atoms with Crippen molar-refractivity contribution in [2.45, 2.75) is 81.5 Å². The van der Waals surface area contributed by atoms with Gasteiger partial charge in [0.2, 0.25) is 10.0 Å². The molecule has 0 saturated heterocycles. The molecule has 0 radical (unpaired) electrons. The Morgan fingerprint density at radius 1 is 1.14 bits per heavy atom. The number of halogens is 1. The van der Waals surface area contributed by atoms with Gasteiger partial charge in [-0.05, 0) is 111 Å². The Kier molecular flexibility index (Phi) is 9.03. The number of rotatable bonds is 2. The van der Waals surface area contributed by atoms with E-state index < -0.39 is 26.8 Å². The number of nitrogens with zero attached hydrogens (tertiary/aromatic N) is 3. The summed E-state index contributed by atoms with van der Waals surface area (Å²) in [5.74, 6) is -0.591. The summed E-state index contributed by atoms with van der Waals surface area (Å²) in [6, 6.07) is 13.2. The molecule has 7 rings (SSSR count). The number of fused-ring (bicyclic) bond motifs is 4. The summed E-state index contributed by atoms with van der Waals surface area (Å²) in [5, 5.41) is 12.6. The van der Waals surface area contributed by atoms with Gasteiger partial charge in [0.1, 0.15) is 12.1 Å². The maximum Gasteiger partial charge on any atom is 0.264 e. The van der Waals surface area contributed by atoms with Gasteiger partial charge >= 0.3 is 0 Å². The van der Waals surface area contributed by atoms with Crippen molar-refractivity contribution < 1.29 is 23.1 Å². The number of allylic oxidation sites excluding steroid dienone is 1. The minimum absolute atomic E-state index is 0.0782. The predicted molar refractivity (Wildman–Crippen MR) is 191 cm³/mol. The molecule has 11 heteroatoms. The van der Waals surface area contributed by atoms with E-state index in [0.717, 1.165) is 48.5 Å². The number of nitrogens with one attached hydrogen (secondary N) is 1. The van der Waals surface area contributed by atoms with Crippen molar-refractivity contribution in [2.75, 3.05) is 24.6 Å². The number of ether oxygens (including phenoxy) is 1. The maximum atomic E-state index is 13.5. The average Bonchev–Trinajstić information content (AvgIpc) is 3.22. The van der Waals surface area contributed by atoms with Crippen LogP contribution >= 0.6 is 11.6 Å². The Morgan fingerprint density at radius 2 is 1.98 bits per heavy atom. The van der Waals surface area contributed by atoms with Crippen LogP contribution in [0, 0.1) is 17.8 Å². The van der Waals surface area contributed by atoms with E-state index in [2.05, 4.69) is 31.7 Å². The van der Waals surface area contributed by atoms with Gasteiger partial charge in [-0.3, -0.25) is 4.79 Å². The van der Waals surface area contributed by atoms with Crippen molar-refractivity contribution in [1.29, 1.82) is 0 Å². The minimum Gasteiger partial charge on any atom is -0.490 e. The topological polar surface area (TPSA) is 122 Å². The summed E-state index contributed by atoms with van der Waals surface area (Å²) in [5.41, 5.74) is 2.68. The third-order valence-electron chi connectivity index (χ3n) is 11.9. The number of aliphatic hydroxyl groups is 1. The molecule has 49 heavy (non-hydrogen) atoms. The third kappa shape index (κ3) is 6.25. The summed E-state index contributed by atoms with van der Waals surface area (Å²) in [4.78, 5) is 24.5. The molecule has 2 aromatic carbocycles. The van der Waals surface area contributed by atoms with Crippen LogP contribution in [0.1, 0.15) is 86.0 Å². The van der Waals surface area contributed by atoms with E-state index in [9.17, 15) is 18.3 Å². The number of hydrogen-bond donors (Lipinski definition) is 2. The van der Waals surface area contributed by atoms with Gasteiger partial charge in [0.25, 0.3) is 5.91 Å². The fourth-order valence-corrected chi connectivity index (χ4v) is 10.0. The van der Waals surface area contributed by atoms with Gasteiger partial charge in [-0.15, -0.1) is 0 Å². The standard InChI is InChI=1S/C38H45ClN4O5S/c1-24-6-4-16-38(45,25(2)33-14-17-40-23-41-33)32-11-8-29(32)20-43-21-37(15-5-7-27-18-30(39)10-12-31(27)37)22-48-35-13-9-28(19-34(35)43)36(44)42-49(46,47)26(24)3/h4,9-10,12-14,16-19,23-26,29,32,45H,5-8,11,15,20-22H2,1-3H3,(H,42,44)/b16-4+/t24-,25+,26+,29-,32+,37-,38-/m0/s1. The van der Waals surface area contributed by atoms with Crippen molar-refractivity contribution in [3.8, 4) is 5.75 Å². The summed E-state index contributed by atoms with van der Waals surface area (Å²) < 4.78 is 35.9. The second-order valence-corrected chi connectivity index (χ2v) is 17.2. The highest BCUT2D eigenvalue weighted by atomic mass is 35.5. The molecular weight excluding hydrogens is 660 g/mol. The molecule has 1 spiro atoms. The van der Waals surface area contributed by atoms with Gasteiger partial charge in [-0.2, -0.15) is 0 Å². The average molecular weight is 705 g/mol. The van der Waals surface area contributed by atoms with Gasteiger partial charge in [0.15, 0.2) is 0 Å². The zero-order valence-corrected chi connectivity index (χ0v) is 29.9. The molecule has 3 heterocycles. The lowest BCUT2D eigenvalue weighted by molar-refractivity contribution is -0.0612. The summed E-state index contributed by atoms with van der Waals surface area (Å²) >= 11 is 6.45. The van der Waals surface area contributed by atoms with E-state index in [-0.39, 0.29) is 34.7 Å². The van der Waals surface area contributed by atoms with Crippen LogP contribution in [0.25, 0.3) is 0 Å². The fraction of sp³-hybridized carbons (Fsp3) is 0.500. The maximum absolute atomic E-state index is 13.5. The van der Waals surface area contributed by atoms with Crippen LogP contribution in [0.3, 0.4) is 0 Å². The first kappa shape index (κ1) is 34.0. The SMILES string of the molecule is C[C@H](c1ccncn1)[C@@]1(O)/C=C/C[C@H](C)[C@@H](C)S(=O)(=O)NC(=O)c2ccc3c(c2)N(C[C@@H]2CC[C@H]21)C[C@@]1(CCCc2cc(Cl)ccc21)CO3. The van der Waals surface area contributed by atoms with Gasteiger partial charge in [-0.25, -0.2) is 23.1 Å². The molecule has 1 amide bonds. The summed E-state index contributed by atoms with van der Waals surface area (Å²) in [7, 11) is -4.00. The zero-order chi connectivity index (χ0) is 34.6. The second kappa shape index (κ2) is 13.0. The van der Waals surface area contributed by atoms with E-state index in [0.29, 0.717) is 31.9 Å². The van der Waals surface area contributed by atoms with Crippen LogP contribution in [0.15, 0.2) is 67.1 Å². The van der Waals surface area contributed by atoms with Crippen LogP contribution in [-0.4, -0.2) is 59.9 Å². The van der Waals surface area contributed by atoms with E-state index in [1.54, 1.807) is 31.3 Å². The fourth-order valence-electron chi connectivity index (χ4n) is 8.57. The quantitative estimate of drug-likeness (QED) is 0.302. The van der Waals surface area contributed by atoms with Gasteiger partial charge in [0, 0.05) is 46.9 Å². The Bertz CT molecular complexity index is 1870. The van der Waals surface area contributed by atoms with Crippen molar-refractivity contribution in [3.05, 3.63) is 94.5 Å². The summed E-state index contributed by atoms with van der Waals surface area (Å²) in [6.07, 6.45) is 12.1. The molecule has 0 unspecified atom stereocenters. The Balaban J connectivity index is 1.34. The molecule has 1 aromatic heterocycles. The zero-order valence-electron chi connectivity index (χ0n) is 28.3. The molecule has 260 valence electrons. The first-order chi connectivity index (χ1) is 23.4. The Labute approximate surface area is 294 Å². The van der Waals surface area contributed by atoms with Crippen LogP contribution < -0.4 is 14.4 Å². The Hall–Kier alpha value is -3.47. The predicted octanol–water partition coefficient (Wildman–Crippen LogP) is 6.21. The molecule has 2 aliphatic heterocycles. The highest BCUT2D eigenvalue weighted by Gasteiger charge is 2.50. The normalized spacial score (nSPS) is 32.3. The molecule has 2 bridgehead atoms. The largest absolute Gasteiger partial charge is 0.490 e. The van der Waals surface area contributed by atoms with E-state index in [1.165, 1.54) is 17.5 Å². The molecule has 3 aromatic rings. The van der Waals surface area contributed by atoms with Gasteiger partial charge in [0.05, 0.1) is 23.1 Å². The number of aryl methyl sites for hydroxylation is 1. The number of carbonyl (C=O) groups excluding carboxylic acids is 1. The number of aromatic nitrogens is 2. The lowest BCUT2D eigenvalue weighted by atomic mass is 9.60. The van der Waals surface area contributed by atoms with Crippen LogP contribution in [0.2, 0.25) is 5.02 Å². The number of hydrogen-bond acceptors (Lipinski definition) is 8. The molecule has 2 aliphatic carbocycles. The van der Waals surface area contributed by atoms with E-state index in [1.807, 2.05) is 38.1 Å². The van der Waals surface area contributed by atoms with Crippen molar-refractivity contribution in [1.82, 2.24) is 14.7 Å². The van der Waals surface area contributed by atoms with Gasteiger partial charge in [-0.1, -0.05) is 43.7 Å². The van der Waals surface area contributed by atoms with Crippen LogP contribution in [-0.2, 0) is 21.9 Å². The number of amides is 1. The molecule has 9 nitrogen and oxygen atoms in total. The number of anilines is 1. The highest BCUT2D eigenvalue weighted by molar-refractivity contribution is 7.90. The monoisotopic (exact) mass is 704 g/mol. The Morgan fingerprint density at radius 3 is 2.73 bits per heavy atom. The smallest absolute Gasteiger partial charge is 0.264 e. The van der Waals surface area contributed by atoms with E-state index >= 15 is 0 Å². The van der Waals surface area contributed by atoms with Crippen molar-refractivity contribution in [3.63, 3.8) is 0 Å². The molecule has 1 saturated carbocycles. The number of sulfonamides is 1. The molecule has 2 N–H and O–H groups in total. The first-order valence-electron chi connectivity index (χ1n) is 17.4. The lowest BCUT2D eigenvalue weighted by Gasteiger charge is -2.51. The number of benzene rings is 2. The molecule has 1 fully saturated rings. The third-order valence-corrected chi connectivity index (χ3v) is 14.1. The summed E-state index contributed by atoms with van der Waals surface area (Å²) in [6.45, 7) is 7.22. The van der Waals surface area contributed by atoms with Crippen LogP contribution in [0.5, 0.6) is 5.75 Å². The lowest BCUT2D eigenvalue weighted by Crippen LogP contribution is -2.54. The van der Waals surface area contributed by atoms with E-state index in [4.69, 9.17) is 16.3 Å². The second-order valence-electron chi connectivity index (χ2n) is 14.8. The minimum atomic E-state index is -4.00. The molecule has 4 aliphatic rings. The highest BCUT2D eigenvalue weighted by Crippen LogP contribution is 2.51. The number of carbonyl (C=O) groups is 1. The van der Waals surface area contributed by atoms with Crippen LogP contribution in [0.4, 0.5) is 5.69 Å². The molecular formula is C38H45ClN4O5S. The van der Waals surface area contributed by atoms with Gasteiger partial charge < -0.3 is 14.7 Å². The molecule has 7 atom stereocenters.